The molecule has 1 amide bonds. The number of nitrogens with two attached hydrogens (primary N) is 1. The van der Waals surface area contributed by atoms with Crippen LogP contribution in [0.3, 0.4) is 0 Å². The van der Waals surface area contributed by atoms with Gasteiger partial charge in [-0.25, -0.2) is 15.0 Å². The minimum Gasteiger partial charge on any atom is -0.481 e. The van der Waals surface area contributed by atoms with Gasteiger partial charge >= 0.3 is 0 Å². The maximum atomic E-state index is 12.4. The number of nitrogens with zero attached hydrogens (tertiary/aromatic N) is 5. The Kier molecular flexibility index (Phi) is 6.10. The second-order valence-electron chi connectivity index (χ2n) is 8.31. The quantitative estimate of drug-likeness (QED) is 0.198. The number of hydrogen-bond donors (Lipinski definition) is 4. The number of aliphatic hydroxyl groups excluding tert-OH is 2. The molecule has 1 saturated carbocycles. The zero-order valence-electron chi connectivity index (χ0n) is 18.6. The molecule has 3 heterocycles. The number of carbonyl (C=O) groups is 1. The highest BCUT2D eigenvalue weighted by Crippen LogP contribution is 2.33. The average molecular weight is 495 g/mol. The first-order valence-corrected chi connectivity index (χ1v) is 11.0. The largest absolute Gasteiger partial charge is 0.481 e. The first kappa shape index (κ1) is 23.4. The third-order valence-corrected chi connectivity index (χ3v) is 5.70. The van der Waals surface area contributed by atoms with Crippen molar-refractivity contribution in [3.8, 4) is 17.6 Å². The lowest BCUT2D eigenvalue weighted by Crippen LogP contribution is -2.43. The van der Waals surface area contributed by atoms with Crippen LogP contribution in [-0.4, -0.2) is 71.5 Å². The molecule has 5 rings (SSSR count). The first-order valence-electron chi connectivity index (χ1n) is 11.0. The van der Waals surface area contributed by atoms with Gasteiger partial charge in [-0.1, -0.05) is 5.92 Å². The lowest BCUT2D eigenvalue weighted by molar-refractivity contribution is -0.384. The summed E-state index contributed by atoms with van der Waals surface area (Å²) in [6, 6.07) is 5.62. The molecule has 0 radical (unpaired) electrons. The minimum absolute atomic E-state index is 0.0374. The molecule has 14 heteroatoms. The van der Waals surface area contributed by atoms with Crippen LogP contribution in [0.15, 0.2) is 30.6 Å². The molecular weight excluding hydrogens is 474 g/mol. The van der Waals surface area contributed by atoms with Crippen molar-refractivity contribution in [2.45, 2.75) is 43.4 Å². The van der Waals surface area contributed by atoms with Gasteiger partial charge in [0.25, 0.3) is 11.6 Å². The SMILES string of the molecule is Nc1nc(C#CCOc2ccc([N+](=O)[O-])cc2)nc2c1ncn2[C@@H]1O[C@H](C(=O)NC2CC2)[C@@H](O)[C@H]1O. The van der Waals surface area contributed by atoms with Gasteiger partial charge in [-0.05, 0) is 30.9 Å². The number of benzene rings is 1. The molecule has 3 aromatic rings. The van der Waals surface area contributed by atoms with Crippen LogP contribution in [0.25, 0.3) is 11.2 Å². The van der Waals surface area contributed by atoms with E-state index in [9.17, 15) is 25.1 Å². The smallest absolute Gasteiger partial charge is 0.269 e. The molecule has 0 bridgehead atoms. The lowest BCUT2D eigenvalue weighted by Gasteiger charge is -2.16. The van der Waals surface area contributed by atoms with Gasteiger partial charge in [0.2, 0.25) is 5.82 Å². The van der Waals surface area contributed by atoms with E-state index in [4.69, 9.17) is 15.2 Å². The van der Waals surface area contributed by atoms with Gasteiger partial charge in [-0.15, -0.1) is 0 Å². The number of carbonyl (C=O) groups excluding carboxylic acids is 1. The Labute approximate surface area is 203 Å². The van der Waals surface area contributed by atoms with E-state index in [-0.39, 0.29) is 41.1 Å². The molecule has 14 nitrogen and oxygen atoms in total. The van der Waals surface area contributed by atoms with Crippen molar-refractivity contribution in [3.63, 3.8) is 0 Å². The number of rotatable bonds is 6. The van der Waals surface area contributed by atoms with Crippen molar-refractivity contribution in [2.75, 3.05) is 12.3 Å². The Balaban J connectivity index is 1.32. The second kappa shape index (κ2) is 9.38. The van der Waals surface area contributed by atoms with E-state index < -0.39 is 35.4 Å². The number of imidazole rings is 1. The second-order valence-corrected chi connectivity index (χ2v) is 8.31. The summed E-state index contributed by atoms with van der Waals surface area (Å²) in [6.07, 6.45) is -2.19. The van der Waals surface area contributed by atoms with E-state index in [1.807, 2.05) is 0 Å². The number of non-ortho nitro benzene ring substituents is 1. The molecule has 0 spiro atoms. The number of nitro groups is 1. The molecule has 2 aromatic heterocycles. The molecule has 2 fully saturated rings. The number of nitro benzene ring substituents is 1. The van der Waals surface area contributed by atoms with Crippen LogP contribution in [0.4, 0.5) is 11.5 Å². The number of nitrogens with one attached hydrogen (secondary N) is 1. The fourth-order valence-corrected chi connectivity index (χ4v) is 3.70. The molecule has 0 unspecified atom stereocenters. The minimum atomic E-state index is -1.44. The topological polar surface area (TPSA) is 201 Å². The Morgan fingerprint density at radius 2 is 2.03 bits per heavy atom. The Morgan fingerprint density at radius 3 is 2.72 bits per heavy atom. The van der Waals surface area contributed by atoms with Crippen molar-refractivity contribution in [1.29, 1.82) is 0 Å². The Hall–Kier alpha value is -4.32. The average Bonchev–Trinajstić information content (AvgIpc) is 3.49. The molecule has 1 saturated heterocycles. The summed E-state index contributed by atoms with van der Waals surface area (Å²) in [5.41, 5.74) is 6.38. The van der Waals surface area contributed by atoms with Gasteiger partial charge in [-0.3, -0.25) is 19.5 Å². The van der Waals surface area contributed by atoms with Crippen LogP contribution in [0.2, 0.25) is 0 Å². The predicted molar refractivity (Wildman–Crippen MR) is 122 cm³/mol. The van der Waals surface area contributed by atoms with Crippen LogP contribution < -0.4 is 15.8 Å². The van der Waals surface area contributed by atoms with Crippen LogP contribution >= 0.6 is 0 Å². The molecule has 5 N–H and O–H groups in total. The first-order chi connectivity index (χ1) is 17.3. The van der Waals surface area contributed by atoms with Gasteiger partial charge in [0.1, 0.15) is 30.1 Å². The fraction of sp³-hybridized carbons (Fsp3) is 0.364. The highest BCUT2D eigenvalue weighted by molar-refractivity contribution is 5.83. The van der Waals surface area contributed by atoms with Crippen molar-refractivity contribution in [1.82, 2.24) is 24.8 Å². The van der Waals surface area contributed by atoms with Gasteiger partial charge in [-0.2, -0.15) is 0 Å². The maximum Gasteiger partial charge on any atom is 0.269 e. The lowest BCUT2D eigenvalue weighted by atomic mass is 10.1. The number of hydrogen-bond acceptors (Lipinski definition) is 11. The summed E-state index contributed by atoms with van der Waals surface area (Å²) in [6.45, 7) is -0.0488. The molecule has 1 aliphatic heterocycles. The molecule has 4 atom stereocenters. The summed E-state index contributed by atoms with van der Waals surface area (Å²) < 4.78 is 12.5. The van der Waals surface area contributed by atoms with Crippen LogP contribution in [-0.2, 0) is 9.53 Å². The van der Waals surface area contributed by atoms with Crippen molar-refractivity contribution in [3.05, 3.63) is 46.5 Å². The summed E-state index contributed by atoms with van der Waals surface area (Å²) in [7, 11) is 0. The molecule has 1 aliphatic carbocycles. The van der Waals surface area contributed by atoms with Crippen LogP contribution in [0.1, 0.15) is 24.9 Å². The van der Waals surface area contributed by atoms with E-state index in [1.54, 1.807) is 0 Å². The standard InChI is InChI=1S/C22H21N7O7/c23-19-15-20(27-14(26-19)2-1-9-35-13-7-5-12(6-8-13)29(33)34)28(10-24-15)22-17(31)16(30)18(36-22)21(32)25-11-3-4-11/h5-8,10-11,16-18,22,30-31H,3-4,9H2,(H,25,32)(H2,23,26,27)/t16-,17+,18-,22+/m0/s1. The zero-order valence-corrected chi connectivity index (χ0v) is 18.6. The molecular formula is C22H21N7O7. The number of nitrogen functional groups attached to an aromatic ring is 1. The molecule has 186 valence electrons. The van der Waals surface area contributed by atoms with E-state index in [0.717, 1.165) is 12.8 Å². The van der Waals surface area contributed by atoms with Crippen LogP contribution in [0, 0.1) is 22.0 Å². The normalized spacial score (nSPS) is 23.2. The monoisotopic (exact) mass is 495 g/mol. The highest BCUT2D eigenvalue weighted by Gasteiger charge is 2.48. The predicted octanol–water partition coefficient (Wildman–Crippen LogP) is -0.355. The van der Waals surface area contributed by atoms with Crippen LogP contribution in [0.5, 0.6) is 5.75 Å². The molecule has 1 aromatic carbocycles. The van der Waals surface area contributed by atoms with Crippen molar-refractivity contribution in [2.24, 2.45) is 0 Å². The Morgan fingerprint density at radius 1 is 1.28 bits per heavy atom. The summed E-state index contributed by atoms with van der Waals surface area (Å²) in [4.78, 5) is 35.2. The molecule has 36 heavy (non-hydrogen) atoms. The zero-order chi connectivity index (χ0) is 25.4. The fourth-order valence-electron chi connectivity index (χ4n) is 3.70. The number of anilines is 1. The van der Waals surface area contributed by atoms with E-state index in [0.29, 0.717) is 5.75 Å². The Bertz CT molecular complexity index is 1380. The highest BCUT2D eigenvalue weighted by atomic mass is 16.6. The van der Waals surface area contributed by atoms with Gasteiger partial charge in [0.05, 0.1) is 11.3 Å². The van der Waals surface area contributed by atoms with E-state index >= 15 is 0 Å². The van der Waals surface area contributed by atoms with Crippen molar-refractivity contribution < 1.29 is 29.4 Å². The number of amides is 1. The number of fused-ring (bicyclic) bond motifs is 1. The third-order valence-electron chi connectivity index (χ3n) is 5.70. The summed E-state index contributed by atoms with van der Waals surface area (Å²) in [5, 5.41) is 34.4. The van der Waals surface area contributed by atoms with Crippen molar-refractivity contribution >= 4 is 28.6 Å². The summed E-state index contributed by atoms with van der Waals surface area (Å²) in [5.74, 6) is 5.44. The molecule has 2 aliphatic rings. The van der Waals surface area contributed by atoms with E-state index in [2.05, 4.69) is 32.1 Å². The maximum absolute atomic E-state index is 12.4. The summed E-state index contributed by atoms with van der Waals surface area (Å²) >= 11 is 0. The van der Waals surface area contributed by atoms with E-state index in [1.165, 1.54) is 35.2 Å². The number of ether oxygens (including phenoxy) is 2. The number of aliphatic hydroxyl groups is 2. The van der Waals surface area contributed by atoms with Gasteiger partial charge < -0.3 is 30.7 Å². The third kappa shape index (κ3) is 4.62. The van der Waals surface area contributed by atoms with Gasteiger partial charge in [0, 0.05) is 18.2 Å². The number of aromatic nitrogens is 4. The van der Waals surface area contributed by atoms with Gasteiger partial charge in [0.15, 0.2) is 23.8 Å².